The molecule has 4 heteroatoms. The highest BCUT2D eigenvalue weighted by molar-refractivity contribution is 6.27. The van der Waals surface area contributed by atoms with Crippen LogP contribution in [-0.4, -0.2) is 23.5 Å². The molecule has 1 atom stereocenters. The summed E-state index contributed by atoms with van der Waals surface area (Å²) in [6.07, 6.45) is 2.20. The molecule has 118 valence electrons. The van der Waals surface area contributed by atoms with E-state index in [4.69, 9.17) is 5.73 Å². The Bertz CT molecular complexity index is 727. The SMILES string of the molecule is Nc1ccccc1CCCN1Cc2ccccc2C1C(=O)C=O. The first-order chi connectivity index (χ1) is 11.2. The van der Waals surface area contributed by atoms with Crippen LogP contribution in [0.25, 0.3) is 0 Å². The van der Waals surface area contributed by atoms with Crippen LogP contribution in [0.5, 0.6) is 0 Å². The molecule has 0 spiro atoms. The predicted octanol–water partition coefficient (Wildman–Crippen LogP) is 2.53. The molecule has 2 aromatic carbocycles. The van der Waals surface area contributed by atoms with Gasteiger partial charge in [0.1, 0.15) is 6.04 Å². The summed E-state index contributed by atoms with van der Waals surface area (Å²) >= 11 is 0. The summed E-state index contributed by atoms with van der Waals surface area (Å²) < 4.78 is 0. The van der Waals surface area contributed by atoms with Crippen LogP contribution in [0.2, 0.25) is 0 Å². The number of aldehydes is 1. The number of nitrogen functional groups attached to an aromatic ring is 1. The normalized spacial score (nSPS) is 17.0. The molecule has 3 rings (SSSR count). The van der Waals surface area contributed by atoms with Gasteiger partial charge in [0.2, 0.25) is 5.78 Å². The van der Waals surface area contributed by atoms with Gasteiger partial charge in [-0.2, -0.15) is 0 Å². The van der Waals surface area contributed by atoms with Crippen LogP contribution < -0.4 is 5.73 Å². The molecule has 0 saturated carbocycles. The van der Waals surface area contributed by atoms with Gasteiger partial charge in [-0.1, -0.05) is 42.5 Å². The number of hydrogen-bond donors (Lipinski definition) is 1. The molecule has 0 amide bonds. The van der Waals surface area contributed by atoms with E-state index in [-0.39, 0.29) is 5.78 Å². The van der Waals surface area contributed by atoms with Crippen molar-refractivity contribution in [1.82, 2.24) is 4.90 Å². The molecule has 1 heterocycles. The number of hydrogen-bond acceptors (Lipinski definition) is 4. The fourth-order valence-corrected chi connectivity index (χ4v) is 3.29. The number of carbonyl (C=O) groups is 2. The van der Waals surface area contributed by atoms with E-state index in [1.165, 1.54) is 0 Å². The molecule has 23 heavy (non-hydrogen) atoms. The van der Waals surface area contributed by atoms with Crippen molar-refractivity contribution in [2.24, 2.45) is 0 Å². The third-order valence-corrected chi connectivity index (χ3v) is 4.42. The second-order valence-corrected chi connectivity index (χ2v) is 5.89. The molecule has 0 radical (unpaired) electrons. The fourth-order valence-electron chi connectivity index (χ4n) is 3.29. The summed E-state index contributed by atoms with van der Waals surface area (Å²) in [6, 6.07) is 15.3. The molecule has 0 fully saturated rings. The Morgan fingerprint density at radius 3 is 2.70 bits per heavy atom. The first-order valence-corrected chi connectivity index (χ1v) is 7.85. The molecule has 0 bridgehead atoms. The molecule has 0 aromatic heterocycles. The van der Waals surface area contributed by atoms with E-state index in [0.29, 0.717) is 12.8 Å². The Hall–Kier alpha value is -2.46. The summed E-state index contributed by atoms with van der Waals surface area (Å²) in [4.78, 5) is 25.1. The summed E-state index contributed by atoms with van der Waals surface area (Å²) in [5, 5.41) is 0. The Kier molecular flexibility index (Phi) is 4.53. The molecule has 1 aliphatic heterocycles. The number of benzene rings is 2. The van der Waals surface area contributed by atoms with E-state index in [0.717, 1.165) is 41.8 Å². The first-order valence-electron chi connectivity index (χ1n) is 7.85. The molecule has 0 aliphatic carbocycles. The van der Waals surface area contributed by atoms with Crippen LogP contribution in [0.4, 0.5) is 5.69 Å². The lowest BCUT2D eigenvalue weighted by molar-refractivity contribution is -0.133. The van der Waals surface area contributed by atoms with Crippen molar-refractivity contribution in [3.05, 3.63) is 65.2 Å². The zero-order valence-corrected chi connectivity index (χ0v) is 12.9. The smallest absolute Gasteiger partial charge is 0.216 e. The van der Waals surface area contributed by atoms with E-state index in [1.54, 1.807) is 0 Å². The number of aryl methyl sites for hydroxylation is 1. The number of carbonyl (C=O) groups excluding carboxylic acids is 2. The van der Waals surface area contributed by atoms with Gasteiger partial charge in [0.05, 0.1) is 0 Å². The molecule has 2 aromatic rings. The maximum absolute atomic E-state index is 12.0. The van der Waals surface area contributed by atoms with Crippen LogP contribution in [0.15, 0.2) is 48.5 Å². The first kappa shape index (κ1) is 15.4. The molecule has 1 unspecified atom stereocenters. The third kappa shape index (κ3) is 3.17. The lowest BCUT2D eigenvalue weighted by Gasteiger charge is -2.22. The Labute approximate surface area is 135 Å². The summed E-state index contributed by atoms with van der Waals surface area (Å²) in [5.41, 5.74) is 9.99. The van der Waals surface area contributed by atoms with Crippen LogP contribution in [0.1, 0.15) is 29.2 Å². The maximum Gasteiger partial charge on any atom is 0.216 e. The number of Topliss-reactive ketones (excluding diaryl/α,β-unsaturated/α-hetero) is 1. The number of anilines is 1. The van der Waals surface area contributed by atoms with Crippen LogP contribution >= 0.6 is 0 Å². The van der Waals surface area contributed by atoms with Crippen LogP contribution in [-0.2, 0) is 22.6 Å². The zero-order valence-electron chi connectivity index (χ0n) is 12.9. The van der Waals surface area contributed by atoms with E-state index in [1.807, 2.05) is 48.5 Å². The minimum atomic E-state index is -0.433. The Balaban J connectivity index is 1.69. The maximum atomic E-state index is 12.0. The molecule has 2 N–H and O–H groups in total. The van der Waals surface area contributed by atoms with E-state index >= 15 is 0 Å². The monoisotopic (exact) mass is 308 g/mol. The second kappa shape index (κ2) is 6.75. The average Bonchev–Trinajstić information content (AvgIpc) is 2.94. The van der Waals surface area contributed by atoms with Crippen molar-refractivity contribution < 1.29 is 9.59 Å². The van der Waals surface area contributed by atoms with E-state index in [9.17, 15) is 9.59 Å². The van der Waals surface area contributed by atoms with Crippen molar-refractivity contribution >= 4 is 17.8 Å². The molecular formula is C19H20N2O2. The van der Waals surface area contributed by atoms with Crippen molar-refractivity contribution in [3.63, 3.8) is 0 Å². The van der Waals surface area contributed by atoms with Crippen LogP contribution in [0.3, 0.4) is 0 Å². The van der Waals surface area contributed by atoms with Crippen molar-refractivity contribution in [3.8, 4) is 0 Å². The standard InChI is InChI=1S/C19H20N2O2/c20-17-10-4-2-6-14(17)8-5-11-21-12-15-7-1-3-9-16(15)19(21)18(23)13-22/h1-4,6-7,9-10,13,19H,5,8,11-12,20H2. The molecular weight excluding hydrogens is 288 g/mol. The van der Waals surface area contributed by atoms with E-state index < -0.39 is 6.04 Å². The predicted molar refractivity (Wildman–Crippen MR) is 89.8 cm³/mol. The van der Waals surface area contributed by atoms with Gasteiger partial charge in [-0.3, -0.25) is 14.5 Å². The lowest BCUT2D eigenvalue weighted by Crippen LogP contribution is -2.30. The van der Waals surface area contributed by atoms with E-state index in [2.05, 4.69) is 4.90 Å². The molecule has 1 aliphatic rings. The quantitative estimate of drug-likeness (QED) is 0.506. The van der Waals surface area contributed by atoms with Gasteiger partial charge >= 0.3 is 0 Å². The zero-order chi connectivity index (χ0) is 16.2. The minimum Gasteiger partial charge on any atom is -0.399 e. The number of nitrogens with two attached hydrogens (primary N) is 1. The van der Waals surface area contributed by atoms with Crippen molar-refractivity contribution in [2.75, 3.05) is 12.3 Å². The van der Waals surface area contributed by atoms with Crippen molar-refractivity contribution in [1.29, 1.82) is 0 Å². The largest absolute Gasteiger partial charge is 0.399 e. The van der Waals surface area contributed by atoms with Gasteiger partial charge in [-0.05, 0) is 42.1 Å². The summed E-state index contributed by atoms with van der Waals surface area (Å²) in [5.74, 6) is -0.367. The summed E-state index contributed by atoms with van der Waals surface area (Å²) in [7, 11) is 0. The van der Waals surface area contributed by atoms with Gasteiger partial charge < -0.3 is 5.73 Å². The van der Waals surface area contributed by atoms with Gasteiger partial charge in [0.15, 0.2) is 6.29 Å². The van der Waals surface area contributed by atoms with Gasteiger partial charge in [-0.15, -0.1) is 0 Å². The summed E-state index contributed by atoms with van der Waals surface area (Å²) in [6.45, 7) is 1.47. The lowest BCUT2D eigenvalue weighted by atomic mass is 10.0. The number of ketones is 1. The Morgan fingerprint density at radius 1 is 1.17 bits per heavy atom. The van der Waals surface area contributed by atoms with Crippen molar-refractivity contribution in [2.45, 2.75) is 25.4 Å². The number of rotatable bonds is 6. The minimum absolute atomic E-state index is 0.367. The molecule has 0 saturated heterocycles. The van der Waals surface area contributed by atoms with Gasteiger partial charge in [0, 0.05) is 12.2 Å². The highest BCUT2D eigenvalue weighted by Gasteiger charge is 2.34. The van der Waals surface area contributed by atoms with Gasteiger partial charge in [0.25, 0.3) is 0 Å². The van der Waals surface area contributed by atoms with Crippen LogP contribution in [0, 0.1) is 0 Å². The number of nitrogens with zero attached hydrogens (tertiary/aromatic N) is 1. The highest BCUT2D eigenvalue weighted by Crippen LogP contribution is 2.34. The number of fused-ring (bicyclic) bond motifs is 1. The average molecular weight is 308 g/mol. The van der Waals surface area contributed by atoms with Gasteiger partial charge in [-0.25, -0.2) is 0 Å². The second-order valence-electron chi connectivity index (χ2n) is 5.89. The topological polar surface area (TPSA) is 63.4 Å². The number of para-hydroxylation sites is 1. The third-order valence-electron chi connectivity index (χ3n) is 4.42. The fraction of sp³-hybridized carbons (Fsp3) is 0.263. The molecule has 4 nitrogen and oxygen atoms in total. The highest BCUT2D eigenvalue weighted by atomic mass is 16.2. The Morgan fingerprint density at radius 2 is 1.91 bits per heavy atom.